The zero-order valence-electron chi connectivity index (χ0n) is 40.9. The number of unbranched alkanes of at least 4 members (excludes halogenated alkanes) is 35. The second-order valence-electron chi connectivity index (χ2n) is 18.2. The largest absolute Gasteiger partial charge is 0.462 e. The first-order valence-corrected chi connectivity index (χ1v) is 26.9. The lowest BCUT2D eigenvalue weighted by Gasteiger charge is -2.18. The van der Waals surface area contributed by atoms with E-state index in [1.165, 1.54) is 186 Å². The Hall–Kier alpha value is -2.11. The van der Waals surface area contributed by atoms with Crippen LogP contribution >= 0.6 is 0 Å². The molecule has 0 saturated carbocycles. The molecule has 0 bridgehead atoms. The van der Waals surface area contributed by atoms with E-state index in [-0.39, 0.29) is 31.1 Å². The van der Waals surface area contributed by atoms with Crippen LogP contribution < -0.4 is 0 Å². The van der Waals surface area contributed by atoms with E-state index in [1.54, 1.807) is 0 Å². The maximum absolute atomic E-state index is 12.8. The van der Waals surface area contributed by atoms with Gasteiger partial charge in [-0.1, -0.05) is 251 Å². The summed E-state index contributed by atoms with van der Waals surface area (Å²) < 4.78 is 16.8. The maximum atomic E-state index is 12.8. The molecule has 358 valence electrons. The number of ether oxygens (including phenoxy) is 3. The fraction of sp³-hybridized carbons (Fsp3) is 0.873. The highest BCUT2D eigenvalue weighted by atomic mass is 16.6. The van der Waals surface area contributed by atoms with Gasteiger partial charge < -0.3 is 14.2 Å². The number of hydrogen-bond donors (Lipinski definition) is 0. The van der Waals surface area contributed by atoms with Gasteiger partial charge in [-0.2, -0.15) is 0 Å². The molecule has 1 unspecified atom stereocenters. The first-order valence-electron chi connectivity index (χ1n) is 26.9. The van der Waals surface area contributed by atoms with E-state index >= 15 is 0 Å². The number of carbonyl (C=O) groups is 3. The summed E-state index contributed by atoms with van der Waals surface area (Å²) in [5.41, 5.74) is 0. The fourth-order valence-corrected chi connectivity index (χ4v) is 7.91. The van der Waals surface area contributed by atoms with Crippen LogP contribution in [-0.4, -0.2) is 37.2 Å². The summed E-state index contributed by atoms with van der Waals surface area (Å²) in [5, 5.41) is 0. The quantitative estimate of drug-likeness (QED) is 0.0262. The maximum Gasteiger partial charge on any atom is 0.306 e. The van der Waals surface area contributed by atoms with E-state index < -0.39 is 6.10 Å². The molecular formula is C55H102O6. The Balaban J connectivity index is 4.26. The molecule has 0 aromatic carbocycles. The van der Waals surface area contributed by atoms with Crippen molar-refractivity contribution < 1.29 is 28.6 Å². The van der Waals surface area contributed by atoms with Gasteiger partial charge in [0.05, 0.1) is 0 Å². The Kier molecular flexibility index (Phi) is 48.8. The third-order valence-corrected chi connectivity index (χ3v) is 12.0. The lowest BCUT2D eigenvalue weighted by molar-refractivity contribution is -0.167. The van der Waals surface area contributed by atoms with Gasteiger partial charge in [0.1, 0.15) is 13.2 Å². The smallest absolute Gasteiger partial charge is 0.306 e. The first-order chi connectivity index (χ1) is 30.0. The summed E-state index contributed by atoms with van der Waals surface area (Å²) in [5.74, 6) is -0.870. The van der Waals surface area contributed by atoms with Gasteiger partial charge >= 0.3 is 17.9 Å². The van der Waals surface area contributed by atoms with Gasteiger partial charge in [-0.05, 0) is 44.9 Å². The highest BCUT2D eigenvalue weighted by Crippen LogP contribution is 2.16. The van der Waals surface area contributed by atoms with Crippen molar-refractivity contribution in [3.05, 3.63) is 24.3 Å². The molecule has 0 aromatic heterocycles. The van der Waals surface area contributed by atoms with Crippen LogP contribution in [0, 0.1) is 0 Å². The summed E-state index contributed by atoms with van der Waals surface area (Å²) in [6, 6.07) is 0. The second-order valence-corrected chi connectivity index (χ2v) is 18.2. The standard InChI is InChI=1S/C55H102O6/c1-4-7-10-13-16-19-21-23-25-26-27-28-30-31-33-36-39-42-45-48-54(57)60-51-52(50-59-53(56)47-44-41-38-35-18-15-12-9-6-3)61-55(58)49-46-43-40-37-34-32-29-24-22-20-17-14-11-8-5-2/h17,20,22,24,52H,4-16,18-19,21,23,25-51H2,1-3H3/b20-17-,24-22-. The molecule has 0 radical (unpaired) electrons. The van der Waals surface area contributed by atoms with Gasteiger partial charge in [-0.3, -0.25) is 14.4 Å². The zero-order valence-corrected chi connectivity index (χ0v) is 40.9. The van der Waals surface area contributed by atoms with Crippen LogP contribution in [0.25, 0.3) is 0 Å². The lowest BCUT2D eigenvalue weighted by atomic mass is 10.0. The molecule has 0 fully saturated rings. The predicted molar refractivity (Wildman–Crippen MR) is 261 cm³/mol. The fourth-order valence-electron chi connectivity index (χ4n) is 7.91. The summed E-state index contributed by atoms with van der Waals surface area (Å²) in [6.07, 6.45) is 57.4. The van der Waals surface area contributed by atoms with Crippen LogP contribution in [0.15, 0.2) is 24.3 Å². The Morgan fingerprint density at radius 1 is 0.328 bits per heavy atom. The molecule has 6 nitrogen and oxygen atoms in total. The Bertz CT molecular complexity index is 989. The minimum absolute atomic E-state index is 0.0713. The van der Waals surface area contributed by atoms with Crippen molar-refractivity contribution in [3.63, 3.8) is 0 Å². The summed E-state index contributed by atoms with van der Waals surface area (Å²) >= 11 is 0. The van der Waals surface area contributed by atoms with Crippen molar-refractivity contribution in [2.45, 2.75) is 297 Å². The van der Waals surface area contributed by atoms with E-state index in [0.717, 1.165) is 64.2 Å². The second kappa shape index (κ2) is 50.5. The van der Waals surface area contributed by atoms with Gasteiger partial charge in [-0.25, -0.2) is 0 Å². The molecule has 0 spiro atoms. The van der Waals surface area contributed by atoms with E-state index in [1.807, 2.05) is 0 Å². The molecule has 61 heavy (non-hydrogen) atoms. The zero-order chi connectivity index (χ0) is 44.4. The Labute approximate surface area is 379 Å². The molecule has 0 N–H and O–H groups in total. The third kappa shape index (κ3) is 48.8. The van der Waals surface area contributed by atoms with E-state index in [0.29, 0.717) is 19.3 Å². The summed E-state index contributed by atoms with van der Waals surface area (Å²) in [6.45, 7) is 6.62. The SMILES string of the molecule is CCCCC/C=C\C=C/CCCCCCCCC(=O)OC(COC(=O)CCCCCCCCCCC)COC(=O)CCCCCCCCCCCCCCCCCCCCC. The lowest BCUT2D eigenvalue weighted by Crippen LogP contribution is -2.30. The molecule has 6 heteroatoms. The number of rotatable bonds is 49. The van der Waals surface area contributed by atoms with Gasteiger partial charge in [0, 0.05) is 19.3 Å². The van der Waals surface area contributed by atoms with Gasteiger partial charge in [0.25, 0.3) is 0 Å². The van der Waals surface area contributed by atoms with Gasteiger partial charge in [-0.15, -0.1) is 0 Å². The van der Waals surface area contributed by atoms with Crippen LogP contribution in [0.5, 0.6) is 0 Å². The van der Waals surface area contributed by atoms with Crippen molar-refractivity contribution >= 4 is 17.9 Å². The van der Waals surface area contributed by atoms with Gasteiger partial charge in [0.2, 0.25) is 0 Å². The minimum Gasteiger partial charge on any atom is -0.462 e. The minimum atomic E-state index is -0.770. The van der Waals surface area contributed by atoms with Crippen molar-refractivity contribution in [1.29, 1.82) is 0 Å². The first kappa shape index (κ1) is 58.9. The number of esters is 3. The normalized spacial score (nSPS) is 12.1. The average molecular weight is 859 g/mol. The van der Waals surface area contributed by atoms with Crippen molar-refractivity contribution in [2.24, 2.45) is 0 Å². The van der Waals surface area contributed by atoms with E-state index in [2.05, 4.69) is 45.1 Å². The molecule has 0 rings (SSSR count). The van der Waals surface area contributed by atoms with E-state index in [4.69, 9.17) is 14.2 Å². The molecule has 0 aliphatic carbocycles. The van der Waals surface area contributed by atoms with Crippen molar-refractivity contribution in [3.8, 4) is 0 Å². The monoisotopic (exact) mass is 859 g/mol. The topological polar surface area (TPSA) is 78.9 Å². The van der Waals surface area contributed by atoms with Crippen molar-refractivity contribution in [2.75, 3.05) is 13.2 Å². The molecule has 1 atom stereocenters. The molecule has 0 aliphatic heterocycles. The predicted octanol–water partition coefficient (Wildman–Crippen LogP) is 17.5. The van der Waals surface area contributed by atoms with Crippen LogP contribution in [0.3, 0.4) is 0 Å². The average Bonchev–Trinajstić information content (AvgIpc) is 3.26. The Morgan fingerprint density at radius 3 is 0.902 bits per heavy atom. The van der Waals surface area contributed by atoms with Crippen LogP contribution in [0.2, 0.25) is 0 Å². The third-order valence-electron chi connectivity index (χ3n) is 12.0. The summed E-state index contributed by atoms with van der Waals surface area (Å²) in [7, 11) is 0. The molecule has 0 heterocycles. The summed E-state index contributed by atoms with van der Waals surface area (Å²) in [4.78, 5) is 37.9. The van der Waals surface area contributed by atoms with Crippen LogP contribution in [0.1, 0.15) is 290 Å². The van der Waals surface area contributed by atoms with E-state index in [9.17, 15) is 14.4 Å². The highest BCUT2D eigenvalue weighted by Gasteiger charge is 2.19. The highest BCUT2D eigenvalue weighted by molar-refractivity contribution is 5.71. The van der Waals surface area contributed by atoms with Gasteiger partial charge in [0.15, 0.2) is 6.10 Å². The van der Waals surface area contributed by atoms with Crippen LogP contribution in [-0.2, 0) is 28.6 Å². The number of allylic oxidation sites excluding steroid dienone is 4. The number of hydrogen-bond acceptors (Lipinski definition) is 6. The molecule has 0 aromatic rings. The Morgan fingerprint density at radius 2 is 0.574 bits per heavy atom. The van der Waals surface area contributed by atoms with Crippen molar-refractivity contribution in [1.82, 2.24) is 0 Å². The number of carbonyl (C=O) groups excluding carboxylic acids is 3. The molecule has 0 saturated heterocycles. The molecule has 0 aliphatic rings. The molecular weight excluding hydrogens is 757 g/mol. The molecule has 0 amide bonds. The van der Waals surface area contributed by atoms with Crippen LogP contribution in [0.4, 0.5) is 0 Å².